The van der Waals surface area contributed by atoms with E-state index >= 15 is 0 Å². The fourth-order valence-corrected chi connectivity index (χ4v) is 1.06. The highest BCUT2D eigenvalue weighted by atomic mass is 16.5. The summed E-state index contributed by atoms with van der Waals surface area (Å²) < 4.78 is 172. The largest absolute Gasteiger partial charge is 0.485 e. The highest BCUT2D eigenvalue weighted by molar-refractivity contribution is 5.33. The molecule has 2 nitrogen and oxygen atoms in total. The van der Waals surface area contributed by atoms with Crippen molar-refractivity contribution < 1.29 is 33.6 Å². The van der Waals surface area contributed by atoms with Gasteiger partial charge >= 0.3 is 0 Å². The number of benzene rings is 2. The van der Waals surface area contributed by atoms with E-state index in [0.717, 1.165) is 0 Å². The molecule has 1 N–H and O–H groups in total. The molecule has 2 aromatic rings. The highest BCUT2D eigenvalue weighted by Crippen LogP contribution is 2.26. The van der Waals surface area contributed by atoms with Crippen molar-refractivity contribution in [3.8, 4) is 5.75 Å². The summed E-state index contributed by atoms with van der Waals surface area (Å²) in [6.07, 6.45) is -8.35. The van der Waals surface area contributed by atoms with Crippen molar-refractivity contribution in [2.24, 2.45) is 0 Å². The van der Waals surface area contributed by atoms with Crippen molar-refractivity contribution in [1.82, 2.24) is 5.31 Å². The van der Waals surface area contributed by atoms with Gasteiger partial charge in [-0.1, -0.05) is 48.3 Å². The summed E-state index contributed by atoms with van der Waals surface area (Å²) in [5.41, 5.74) is -2.80. The third-order valence-corrected chi connectivity index (χ3v) is 1.81. The van der Waals surface area contributed by atoms with E-state index in [2.05, 4.69) is 0 Å². The fourth-order valence-electron chi connectivity index (χ4n) is 1.06. The van der Waals surface area contributed by atoms with Crippen LogP contribution < -0.4 is 10.0 Å². The Kier molecular flexibility index (Phi) is 1.08. The Labute approximate surface area is 145 Å². The molecule has 0 fully saturated rings. The summed E-state index contributed by atoms with van der Waals surface area (Å²) in [4.78, 5) is 0. The first-order valence-corrected chi connectivity index (χ1v) is 4.86. The summed E-state index contributed by atoms with van der Waals surface area (Å²) >= 11 is 0. The highest BCUT2D eigenvalue weighted by Gasteiger charge is 2.13. The summed E-state index contributed by atoms with van der Waals surface area (Å²) in [6, 6.07) is -10.9. The van der Waals surface area contributed by atoms with Gasteiger partial charge in [0.2, 0.25) is 0 Å². The molecule has 2 rings (SSSR count). The zero-order chi connectivity index (χ0) is 31.7. The van der Waals surface area contributed by atoms with Gasteiger partial charge in [-0.2, -0.15) is 0 Å². The maximum Gasteiger partial charge on any atom is 0.125 e. The number of nitrogens with one attached hydrogen (secondary N) is 1. The lowest BCUT2D eigenvalue weighted by Crippen LogP contribution is -2.16. The second kappa shape index (κ2) is 6.95. The Bertz CT molecular complexity index is 1300. The van der Waals surface area contributed by atoms with Crippen LogP contribution in [0.4, 0.5) is 0 Å². The normalized spacial score (nSPS) is 32.8. The number of rotatable bonds is 6. The Hall–Kier alpha value is -1.80. The predicted molar refractivity (Wildman–Crippen MR) is 79.5 cm³/mol. The molecule has 100 valence electrons. The Morgan fingerprint density at radius 2 is 2.11 bits per heavy atom. The molecule has 0 spiro atoms. The van der Waals surface area contributed by atoms with Crippen molar-refractivity contribution in [2.45, 2.75) is 19.3 Å². The van der Waals surface area contributed by atoms with Gasteiger partial charge < -0.3 is 10.0 Å². The lowest BCUT2D eigenvalue weighted by Gasteiger charge is -2.20. The smallest absolute Gasteiger partial charge is 0.125 e. The van der Waals surface area contributed by atoms with Crippen LogP contribution in [0.15, 0.2) is 54.4 Å². The topological polar surface area (TPSA) is 21.3 Å². The van der Waals surface area contributed by atoms with E-state index in [1.54, 1.807) is 0 Å². The molecule has 0 heterocycles. The lowest BCUT2D eigenvalue weighted by atomic mass is 10.1. The molecule has 0 aliphatic carbocycles. The van der Waals surface area contributed by atoms with Crippen molar-refractivity contribution in [1.29, 1.82) is 0 Å². The molecule has 0 saturated carbocycles. The second-order valence-electron chi connectivity index (χ2n) is 2.98. The van der Waals surface area contributed by atoms with Crippen LogP contribution in [-0.4, -0.2) is 13.5 Å². The fraction of sp³-hybridized carbons (Fsp3) is 0.294. The monoisotopic (exact) mass is 276 g/mol. The SMILES string of the molecule is [2H]c1c([2H])c([2H])c([C@]([2H])(Oc2c([2H])c([2H])c([2H])c([2H])c2C([2H])([2H])[2H])C([2H])([2H])C([2H])([2H])N([2H])C([2H])([2H])[2H])c([2H])c1[2H]. The quantitative estimate of drug-likeness (QED) is 0.868. The van der Waals surface area contributed by atoms with Gasteiger partial charge in [-0.25, -0.2) is 0 Å². The zero-order valence-corrected chi connectivity index (χ0v) is 9.36. The van der Waals surface area contributed by atoms with E-state index in [1.807, 2.05) is 0 Å². The van der Waals surface area contributed by atoms with Crippen molar-refractivity contribution in [3.63, 3.8) is 0 Å². The van der Waals surface area contributed by atoms with Crippen LogP contribution in [0.1, 0.15) is 51.0 Å². The van der Waals surface area contributed by atoms with Crippen LogP contribution in [-0.2, 0) is 0 Å². The average Bonchev–Trinajstić information content (AvgIpc) is 2.81. The minimum Gasteiger partial charge on any atom is -0.485 e. The van der Waals surface area contributed by atoms with Gasteiger partial charge in [0.25, 0.3) is 0 Å². The van der Waals surface area contributed by atoms with Gasteiger partial charge in [0.05, 0.1) is 13.7 Å². The van der Waals surface area contributed by atoms with Gasteiger partial charge in [-0.3, -0.25) is 0 Å². The minimum atomic E-state index is -4.26. The maximum absolute atomic E-state index is 8.96. The van der Waals surface area contributed by atoms with Gasteiger partial charge in [0.15, 0.2) is 0 Å². The first kappa shape index (κ1) is 2.94. The van der Waals surface area contributed by atoms with Crippen LogP contribution in [0.3, 0.4) is 0 Å². The van der Waals surface area contributed by atoms with Gasteiger partial charge in [0, 0.05) is 20.1 Å². The molecule has 2 heteroatoms. The number of hydrogen-bond donors (Lipinski definition) is 1. The molecule has 0 unspecified atom stereocenters. The summed E-state index contributed by atoms with van der Waals surface area (Å²) in [6.45, 7) is -11.3. The minimum absolute atomic E-state index is 0.882. The van der Waals surface area contributed by atoms with E-state index in [0.29, 0.717) is 0 Å². The third-order valence-electron chi connectivity index (χ3n) is 1.81. The standard InChI is InChI=1S/C17H21NO/c1-14-8-6-7-11-16(14)19-17(12-13-18-2)15-9-4-3-5-10-15/h3-11,17-18H,12-13H2,1-2H3/t17-/m1/s1/i1D3,2D3,3D,4D,5D,6D,7D,8D,9D,10D,11D,12D2,13D2,17D/hD. The van der Waals surface area contributed by atoms with Crippen LogP contribution in [0.2, 0.25) is 1.41 Å². The summed E-state index contributed by atoms with van der Waals surface area (Å²) in [7, 11) is 0. The van der Waals surface area contributed by atoms with Crippen molar-refractivity contribution in [2.75, 3.05) is 13.5 Å². The average molecular weight is 276 g/mol. The zero-order valence-electron chi connectivity index (χ0n) is 30.4. The Balaban J connectivity index is 3.21. The van der Waals surface area contributed by atoms with Crippen molar-refractivity contribution in [3.05, 3.63) is 65.5 Å². The maximum atomic E-state index is 8.96. The van der Waals surface area contributed by atoms with E-state index in [-0.39, 0.29) is 0 Å². The van der Waals surface area contributed by atoms with Gasteiger partial charge in [0.1, 0.15) is 13.2 Å². The molecular formula is C17H21NO. The Morgan fingerprint density at radius 3 is 2.89 bits per heavy atom. The molecule has 0 bridgehead atoms. The summed E-state index contributed by atoms with van der Waals surface area (Å²) in [5, 5.41) is -0.882. The van der Waals surface area contributed by atoms with E-state index in [9.17, 15) is 0 Å². The number of ether oxygens (including phenoxy) is 1. The van der Waals surface area contributed by atoms with Crippen LogP contribution in [0.5, 0.6) is 5.75 Å². The van der Waals surface area contributed by atoms with Gasteiger partial charge in [-0.05, 0) is 37.5 Å². The molecule has 0 amide bonds. The number of para-hydroxylation sites is 1. The first-order valence-electron chi connectivity index (χ1n) is 15.3. The molecule has 19 heavy (non-hydrogen) atoms. The number of hydrogen-bond acceptors (Lipinski definition) is 2. The van der Waals surface area contributed by atoms with E-state index in [4.69, 9.17) is 33.6 Å². The molecule has 2 aromatic carbocycles. The third kappa shape index (κ3) is 3.83. The van der Waals surface area contributed by atoms with Crippen molar-refractivity contribution >= 4 is 0 Å². The van der Waals surface area contributed by atoms with Crippen LogP contribution in [0, 0.1) is 6.85 Å². The predicted octanol–water partition coefficient (Wildman–Crippen LogP) is 3.72. The molecule has 0 saturated heterocycles. The Morgan fingerprint density at radius 1 is 1.32 bits per heavy atom. The van der Waals surface area contributed by atoms with Gasteiger partial charge in [-0.15, -0.1) is 0 Å². The van der Waals surface area contributed by atoms with Crippen LogP contribution >= 0.6 is 0 Å². The molecular weight excluding hydrogens is 234 g/mol. The second-order valence-corrected chi connectivity index (χ2v) is 2.98. The molecule has 0 aliphatic heterocycles. The van der Waals surface area contributed by atoms with E-state index < -0.39 is 109 Å². The lowest BCUT2D eigenvalue weighted by molar-refractivity contribution is 0.193. The van der Waals surface area contributed by atoms with E-state index in [1.165, 1.54) is 0 Å². The molecule has 0 radical (unpaired) electrons. The van der Waals surface area contributed by atoms with Crippen LogP contribution in [0.25, 0.3) is 0 Å². The summed E-state index contributed by atoms with van der Waals surface area (Å²) in [5.74, 6) is -1.46. The molecule has 1 atom stereocenters. The first-order chi connectivity index (χ1) is 17.7. The molecule has 0 aromatic heterocycles. The molecule has 0 aliphatic rings.